The number of hydrogen-bond acceptors (Lipinski definition) is 3. The molecule has 1 aromatic heterocycles. The fourth-order valence-corrected chi connectivity index (χ4v) is 5.45. The number of hydrogen-bond donors (Lipinski definition) is 0. The van der Waals surface area contributed by atoms with Crippen molar-refractivity contribution >= 4 is 11.6 Å². The highest BCUT2D eigenvalue weighted by Crippen LogP contribution is 2.43. The maximum Gasteiger partial charge on any atom is 0.395 e. The highest BCUT2D eigenvalue weighted by molar-refractivity contribution is 5.97. The van der Waals surface area contributed by atoms with Crippen molar-refractivity contribution in [2.75, 3.05) is 26.2 Å². The minimum absolute atomic E-state index is 0.00477. The Bertz CT molecular complexity index is 930. The Kier molecular flexibility index (Phi) is 5.68. The number of rotatable bonds is 4. The van der Waals surface area contributed by atoms with Crippen LogP contribution >= 0.6 is 0 Å². The van der Waals surface area contributed by atoms with Gasteiger partial charge in [0.15, 0.2) is 0 Å². The van der Waals surface area contributed by atoms with Crippen LogP contribution in [0.1, 0.15) is 72.6 Å². The van der Waals surface area contributed by atoms with E-state index in [1.807, 2.05) is 11.8 Å². The molecule has 0 radical (unpaired) electrons. The molecule has 3 heterocycles. The van der Waals surface area contributed by atoms with Gasteiger partial charge in [-0.2, -0.15) is 18.3 Å². The van der Waals surface area contributed by atoms with E-state index in [0.717, 1.165) is 44.5 Å². The molecule has 1 aromatic rings. The second-order valence-electron chi connectivity index (χ2n) is 9.69. The van der Waals surface area contributed by atoms with Gasteiger partial charge in [0.25, 0.3) is 5.91 Å². The van der Waals surface area contributed by atoms with Crippen molar-refractivity contribution in [2.24, 2.45) is 5.92 Å². The average molecular weight is 449 g/mol. The zero-order valence-electron chi connectivity index (χ0n) is 18.6. The molecule has 1 atom stereocenters. The molecule has 1 unspecified atom stereocenters. The molecule has 0 bridgehead atoms. The Morgan fingerprint density at radius 1 is 1.06 bits per heavy atom. The van der Waals surface area contributed by atoms with E-state index in [-0.39, 0.29) is 18.2 Å². The van der Waals surface area contributed by atoms with E-state index in [0.29, 0.717) is 23.0 Å². The lowest BCUT2D eigenvalue weighted by Crippen LogP contribution is -2.46. The van der Waals surface area contributed by atoms with Crippen LogP contribution in [-0.2, 0) is 0 Å². The van der Waals surface area contributed by atoms with Crippen LogP contribution in [0.25, 0.3) is 5.70 Å². The number of nitrogens with zero attached hydrogens (tertiary/aromatic N) is 4. The van der Waals surface area contributed by atoms with Gasteiger partial charge in [-0.3, -0.25) is 4.79 Å². The van der Waals surface area contributed by atoms with Gasteiger partial charge in [0.05, 0.1) is 22.9 Å². The van der Waals surface area contributed by atoms with Gasteiger partial charge >= 0.3 is 6.18 Å². The van der Waals surface area contributed by atoms with Crippen molar-refractivity contribution in [1.29, 1.82) is 0 Å². The number of allylic oxidation sites excluding steroid dienone is 4. The number of amides is 1. The first-order valence-corrected chi connectivity index (χ1v) is 11.9. The molecule has 2 aliphatic carbocycles. The molecule has 174 valence electrons. The number of aromatic nitrogens is 2. The molecule has 4 aliphatic rings. The fourth-order valence-electron chi connectivity index (χ4n) is 5.45. The molecular formula is C24H31F3N4O. The smallest absolute Gasteiger partial charge is 0.338 e. The molecule has 8 heteroatoms. The van der Waals surface area contributed by atoms with E-state index in [1.165, 1.54) is 38.1 Å². The molecule has 1 saturated carbocycles. The Balaban J connectivity index is 1.36. The monoisotopic (exact) mass is 448 g/mol. The summed E-state index contributed by atoms with van der Waals surface area (Å²) in [6, 6.07) is 0.562. The highest BCUT2D eigenvalue weighted by Gasteiger charge is 2.41. The molecule has 0 N–H and O–H groups in total. The zero-order valence-corrected chi connectivity index (χ0v) is 18.6. The average Bonchev–Trinajstić information content (AvgIpc) is 3.36. The van der Waals surface area contributed by atoms with Crippen molar-refractivity contribution in [2.45, 2.75) is 70.0 Å². The first-order valence-electron chi connectivity index (χ1n) is 11.9. The molecule has 5 nitrogen and oxygen atoms in total. The van der Waals surface area contributed by atoms with Gasteiger partial charge in [-0.25, -0.2) is 4.68 Å². The van der Waals surface area contributed by atoms with E-state index in [2.05, 4.69) is 4.90 Å². The maximum absolute atomic E-state index is 13.6. The summed E-state index contributed by atoms with van der Waals surface area (Å²) in [5.74, 6) is -1.27. The predicted octanol–water partition coefficient (Wildman–Crippen LogP) is 4.75. The second kappa shape index (κ2) is 8.36. The number of likely N-dealkylation sites (tertiary alicyclic amines) is 2. The Morgan fingerprint density at radius 2 is 1.75 bits per heavy atom. The first kappa shape index (κ1) is 21.7. The SMILES string of the molecule is Cc1c(C(=O)N2CCC(N3CCCC3)CC2)c(C2CC2)nn1C1=CC=CC(C(F)(F)F)C1. The van der Waals surface area contributed by atoms with Crippen molar-refractivity contribution in [1.82, 2.24) is 19.6 Å². The second-order valence-corrected chi connectivity index (χ2v) is 9.69. The number of carbonyl (C=O) groups is 1. The van der Waals surface area contributed by atoms with Crippen molar-refractivity contribution < 1.29 is 18.0 Å². The summed E-state index contributed by atoms with van der Waals surface area (Å²) in [5.41, 5.74) is 2.56. The lowest BCUT2D eigenvalue weighted by atomic mass is 9.97. The summed E-state index contributed by atoms with van der Waals surface area (Å²) in [7, 11) is 0. The molecule has 5 rings (SSSR count). The number of alkyl halides is 3. The highest BCUT2D eigenvalue weighted by atomic mass is 19.4. The molecule has 32 heavy (non-hydrogen) atoms. The van der Waals surface area contributed by atoms with E-state index in [4.69, 9.17) is 5.10 Å². The minimum atomic E-state index is -4.28. The maximum atomic E-state index is 13.6. The summed E-state index contributed by atoms with van der Waals surface area (Å²) in [5, 5.41) is 4.70. The van der Waals surface area contributed by atoms with Gasteiger partial charge < -0.3 is 9.80 Å². The largest absolute Gasteiger partial charge is 0.395 e. The van der Waals surface area contributed by atoms with Crippen LogP contribution in [0.2, 0.25) is 0 Å². The third-order valence-corrected chi connectivity index (χ3v) is 7.48. The van der Waals surface area contributed by atoms with Gasteiger partial charge in [-0.1, -0.05) is 12.2 Å². The standard InChI is InChI=1S/C24H31F3N4O/c1-16-21(23(32)30-13-9-19(10-14-30)29-11-2-3-12-29)22(17-7-8-17)28-31(16)20-6-4-5-18(15-20)24(25,26)27/h4-6,17-19H,2-3,7-15H2,1H3. The van der Waals surface area contributed by atoms with Crippen LogP contribution in [0, 0.1) is 12.8 Å². The van der Waals surface area contributed by atoms with Gasteiger partial charge in [-0.05, 0) is 64.6 Å². The lowest BCUT2D eigenvalue weighted by molar-refractivity contribution is -0.160. The molecule has 1 amide bonds. The van der Waals surface area contributed by atoms with Gasteiger partial charge in [0.2, 0.25) is 0 Å². The molecular weight excluding hydrogens is 417 g/mol. The number of carbonyl (C=O) groups excluding carboxylic acids is 1. The molecule has 2 saturated heterocycles. The van der Waals surface area contributed by atoms with E-state index >= 15 is 0 Å². The molecule has 0 aromatic carbocycles. The zero-order chi connectivity index (χ0) is 22.5. The first-order chi connectivity index (χ1) is 15.3. The minimum Gasteiger partial charge on any atom is -0.338 e. The van der Waals surface area contributed by atoms with E-state index < -0.39 is 12.1 Å². The van der Waals surface area contributed by atoms with Crippen molar-refractivity contribution in [3.05, 3.63) is 35.2 Å². The van der Waals surface area contributed by atoms with Crippen LogP contribution in [0.4, 0.5) is 13.2 Å². The summed E-state index contributed by atoms with van der Waals surface area (Å²) < 4.78 is 41.5. The Labute approximate surface area is 186 Å². The lowest BCUT2D eigenvalue weighted by Gasteiger charge is -2.36. The molecule has 3 fully saturated rings. The Hall–Kier alpha value is -2.09. The third kappa shape index (κ3) is 4.14. The summed E-state index contributed by atoms with van der Waals surface area (Å²) >= 11 is 0. The fraction of sp³-hybridized carbons (Fsp3) is 0.667. The number of piperidine rings is 1. The number of halogens is 3. The van der Waals surface area contributed by atoms with Gasteiger partial charge in [-0.15, -0.1) is 0 Å². The van der Waals surface area contributed by atoms with Crippen molar-refractivity contribution in [3.8, 4) is 0 Å². The third-order valence-electron chi connectivity index (χ3n) is 7.48. The van der Waals surface area contributed by atoms with Crippen molar-refractivity contribution in [3.63, 3.8) is 0 Å². The molecule has 0 spiro atoms. The normalized spacial score (nSPS) is 25.4. The summed E-state index contributed by atoms with van der Waals surface area (Å²) in [4.78, 5) is 18.1. The van der Waals surface area contributed by atoms with E-state index in [1.54, 1.807) is 10.8 Å². The quantitative estimate of drug-likeness (QED) is 0.668. The van der Waals surface area contributed by atoms with Crippen LogP contribution < -0.4 is 0 Å². The predicted molar refractivity (Wildman–Crippen MR) is 116 cm³/mol. The summed E-state index contributed by atoms with van der Waals surface area (Å²) in [6.07, 6.45) is 6.38. The van der Waals surface area contributed by atoms with Gasteiger partial charge in [0, 0.05) is 37.2 Å². The van der Waals surface area contributed by atoms with Gasteiger partial charge in [0.1, 0.15) is 0 Å². The Morgan fingerprint density at radius 3 is 2.38 bits per heavy atom. The topological polar surface area (TPSA) is 41.4 Å². The van der Waals surface area contributed by atoms with Crippen LogP contribution in [0.3, 0.4) is 0 Å². The van der Waals surface area contributed by atoms with Crippen LogP contribution in [0.15, 0.2) is 18.2 Å². The van der Waals surface area contributed by atoms with Crippen LogP contribution in [0.5, 0.6) is 0 Å². The summed E-state index contributed by atoms with van der Waals surface area (Å²) in [6.45, 7) is 5.62. The van der Waals surface area contributed by atoms with E-state index in [9.17, 15) is 18.0 Å². The van der Waals surface area contributed by atoms with Crippen LogP contribution in [-0.4, -0.2) is 63.9 Å². The molecule has 2 aliphatic heterocycles.